The van der Waals surface area contributed by atoms with Crippen LogP contribution in [0.2, 0.25) is 18.1 Å². The third-order valence-corrected chi connectivity index (χ3v) is 9.88. The van der Waals surface area contributed by atoms with Crippen molar-refractivity contribution in [2.45, 2.75) is 64.1 Å². The van der Waals surface area contributed by atoms with Crippen LogP contribution < -0.4 is 0 Å². The first-order chi connectivity index (χ1) is 7.24. The Bertz CT molecular complexity index is 168. The van der Waals surface area contributed by atoms with Crippen LogP contribution in [0.1, 0.15) is 34.1 Å². The Morgan fingerprint density at radius 2 is 1.73 bits per heavy atom. The Kier molecular flexibility index (Phi) is 5.30. The van der Waals surface area contributed by atoms with E-state index in [9.17, 15) is 0 Å². The smallest absolute Gasteiger partial charge is 0.104 e. The van der Waals surface area contributed by atoms with Crippen LogP contribution in [-0.2, 0) is 9.47 Å². The van der Waals surface area contributed by atoms with Gasteiger partial charge in [-0.2, -0.15) is 0 Å². The Balaban J connectivity index is 2.65. The van der Waals surface area contributed by atoms with Crippen LogP contribution >= 0.6 is 0 Å². The highest BCUT2D eigenvalue weighted by atomic mass is 28.3. The molecule has 0 radical (unpaired) electrons. The highest BCUT2D eigenvalue weighted by Gasteiger charge is 2.47. The average molecular weight is 230 g/mol. The molecule has 1 saturated heterocycles. The molecule has 0 amide bonds. The van der Waals surface area contributed by atoms with Gasteiger partial charge in [-0.3, -0.25) is 0 Å². The fourth-order valence-electron chi connectivity index (χ4n) is 2.51. The lowest BCUT2D eigenvalue weighted by Crippen LogP contribution is -2.50. The first-order valence-electron chi connectivity index (χ1n) is 6.47. The minimum Gasteiger partial charge on any atom is -0.379 e. The molecule has 0 aromatic rings. The standard InChI is InChI=1S/C12H26O2Si/c1-5-9-13-12(11-10-14-11)15(6-2,7-3)8-4/h11-12H,5-10H2,1-4H3. The summed E-state index contributed by atoms with van der Waals surface area (Å²) in [5, 5.41) is 0. The van der Waals surface area contributed by atoms with Gasteiger partial charge in [0, 0.05) is 6.61 Å². The molecule has 90 valence electrons. The molecule has 1 heterocycles. The normalized spacial score (nSPS) is 22.8. The number of hydrogen-bond acceptors (Lipinski definition) is 2. The quantitative estimate of drug-likeness (QED) is 0.472. The summed E-state index contributed by atoms with van der Waals surface area (Å²) in [5.74, 6) is 0. The summed E-state index contributed by atoms with van der Waals surface area (Å²) in [4.78, 5) is 0. The second-order valence-electron chi connectivity index (χ2n) is 4.59. The van der Waals surface area contributed by atoms with E-state index in [4.69, 9.17) is 9.47 Å². The predicted octanol–water partition coefficient (Wildman–Crippen LogP) is 3.23. The summed E-state index contributed by atoms with van der Waals surface area (Å²) < 4.78 is 11.6. The van der Waals surface area contributed by atoms with E-state index in [0.717, 1.165) is 19.6 Å². The topological polar surface area (TPSA) is 21.8 Å². The molecule has 0 aromatic heterocycles. The Hall–Kier alpha value is 0.137. The fourth-order valence-corrected chi connectivity index (χ4v) is 6.67. The van der Waals surface area contributed by atoms with Crippen molar-refractivity contribution in [1.82, 2.24) is 0 Å². The van der Waals surface area contributed by atoms with Gasteiger partial charge in [-0.15, -0.1) is 0 Å². The Morgan fingerprint density at radius 3 is 2.07 bits per heavy atom. The van der Waals surface area contributed by atoms with E-state index in [1.54, 1.807) is 0 Å². The molecule has 3 heteroatoms. The Labute approximate surface area is 95.4 Å². The van der Waals surface area contributed by atoms with Crippen molar-refractivity contribution in [1.29, 1.82) is 0 Å². The summed E-state index contributed by atoms with van der Waals surface area (Å²) in [7, 11) is -1.23. The van der Waals surface area contributed by atoms with Crippen molar-refractivity contribution >= 4 is 8.07 Å². The van der Waals surface area contributed by atoms with E-state index >= 15 is 0 Å². The lowest BCUT2D eigenvalue weighted by atomic mass is 10.5. The Morgan fingerprint density at radius 1 is 1.20 bits per heavy atom. The van der Waals surface area contributed by atoms with Crippen molar-refractivity contribution in [3.63, 3.8) is 0 Å². The molecule has 2 atom stereocenters. The zero-order valence-electron chi connectivity index (χ0n) is 10.7. The third-order valence-electron chi connectivity index (χ3n) is 3.91. The van der Waals surface area contributed by atoms with Crippen LogP contribution in [0.25, 0.3) is 0 Å². The largest absolute Gasteiger partial charge is 0.379 e. The minimum absolute atomic E-state index is 0.433. The van der Waals surface area contributed by atoms with Crippen LogP contribution in [0.5, 0.6) is 0 Å². The van der Waals surface area contributed by atoms with Gasteiger partial charge in [-0.1, -0.05) is 45.8 Å². The summed E-state index contributed by atoms with van der Waals surface area (Å²) in [6, 6.07) is 3.98. The molecule has 2 unspecified atom stereocenters. The summed E-state index contributed by atoms with van der Waals surface area (Å²) in [5.41, 5.74) is 0.456. The molecular weight excluding hydrogens is 204 g/mol. The van der Waals surface area contributed by atoms with Crippen molar-refractivity contribution in [3.05, 3.63) is 0 Å². The molecular formula is C12H26O2Si. The van der Waals surface area contributed by atoms with Crippen molar-refractivity contribution in [3.8, 4) is 0 Å². The minimum atomic E-state index is -1.23. The average Bonchev–Trinajstić information content (AvgIpc) is 3.09. The highest BCUT2D eigenvalue weighted by molar-refractivity contribution is 6.81. The van der Waals surface area contributed by atoms with E-state index in [-0.39, 0.29) is 0 Å². The highest BCUT2D eigenvalue weighted by Crippen LogP contribution is 2.33. The van der Waals surface area contributed by atoms with Gasteiger partial charge in [-0.05, 0) is 6.42 Å². The molecule has 1 fully saturated rings. The first kappa shape index (κ1) is 13.2. The van der Waals surface area contributed by atoms with Gasteiger partial charge in [0.25, 0.3) is 0 Å². The number of epoxide rings is 1. The molecule has 1 aliphatic heterocycles. The molecule has 0 saturated carbocycles. The van der Waals surface area contributed by atoms with E-state index in [1.807, 2.05) is 0 Å². The van der Waals surface area contributed by atoms with Gasteiger partial charge in [0.1, 0.15) is 6.10 Å². The predicted molar refractivity (Wildman–Crippen MR) is 67.0 cm³/mol. The van der Waals surface area contributed by atoms with Crippen LogP contribution in [0.4, 0.5) is 0 Å². The zero-order chi connectivity index (χ0) is 11.3. The van der Waals surface area contributed by atoms with E-state index < -0.39 is 8.07 Å². The van der Waals surface area contributed by atoms with Gasteiger partial charge < -0.3 is 9.47 Å². The lowest BCUT2D eigenvalue weighted by molar-refractivity contribution is 0.0776. The van der Waals surface area contributed by atoms with Gasteiger partial charge in [0.15, 0.2) is 0 Å². The second kappa shape index (κ2) is 6.02. The van der Waals surface area contributed by atoms with E-state index in [0.29, 0.717) is 11.8 Å². The van der Waals surface area contributed by atoms with Gasteiger partial charge in [0.05, 0.1) is 20.4 Å². The van der Waals surface area contributed by atoms with Crippen molar-refractivity contribution < 1.29 is 9.47 Å². The second-order valence-corrected chi connectivity index (χ2v) is 10.0. The lowest BCUT2D eigenvalue weighted by Gasteiger charge is -2.36. The fraction of sp³-hybridized carbons (Fsp3) is 1.00. The molecule has 0 N–H and O–H groups in total. The van der Waals surface area contributed by atoms with Gasteiger partial charge in [0.2, 0.25) is 0 Å². The molecule has 15 heavy (non-hydrogen) atoms. The first-order valence-corrected chi connectivity index (χ1v) is 9.17. The maximum Gasteiger partial charge on any atom is 0.104 e. The third kappa shape index (κ3) is 3.05. The van der Waals surface area contributed by atoms with Crippen LogP contribution in [0, 0.1) is 0 Å². The summed E-state index contributed by atoms with van der Waals surface area (Å²) in [6.45, 7) is 11.0. The van der Waals surface area contributed by atoms with E-state index in [1.165, 1.54) is 18.1 Å². The molecule has 1 aliphatic rings. The van der Waals surface area contributed by atoms with Crippen LogP contribution in [0.3, 0.4) is 0 Å². The number of ether oxygens (including phenoxy) is 2. The zero-order valence-corrected chi connectivity index (χ0v) is 11.7. The molecule has 2 nitrogen and oxygen atoms in total. The maximum absolute atomic E-state index is 6.09. The summed E-state index contributed by atoms with van der Waals surface area (Å²) >= 11 is 0. The van der Waals surface area contributed by atoms with Crippen molar-refractivity contribution in [2.24, 2.45) is 0 Å². The molecule has 1 rings (SSSR count). The number of rotatable bonds is 8. The van der Waals surface area contributed by atoms with Gasteiger partial charge >= 0.3 is 0 Å². The monoisotopic (exact) mass is 230 g/mol. The van der Waals surface area contributed by atoms with Crippen molar-refractivity contribution in [2.75, 3.05) is 13.2 Å². The molecule has 0 aromatic carbocycles. The van der Waals surface area contributed by atoms with Gasteiger partial charge in [-0.25, -0.2) is 0 Å². The maximum atomic E-state index is 6.09. The molecule has 0 bridgehead atoms. The van der Waals surface area contributed by atoms with E-state index in [2.05, 4.69) is 27.7 Å². The van der Waals surface area contributed by atoms with Crippen LogP contribution in [-0.4, -0.2) is 33.1 Å². The molecule has 0 aliphatic carbocycles. The SMILES string of the molecule is CCCOC(C1CO1)[Si](CC)(CC)CC. The summed E-state index contributed by atoms with van der Waals surface area (Å²) in [6.07, 6.45) is 1.55. The molecule has 0 spiro atoms. The number of hydrogen-bond donors (Lipinski definition) is 0. The van der Waals surface area contributed by atoms with Crippen LogP contribution in [0.15, 0.2) is 0 Å².